The van der Waals surface area contributed by atoms with Crippen molar-refractivity contribution in [1.29, 1.82) is 0 Å². The number of amides is 1. The van der Waals surface area contributed by atoms with Crippen molar-refractivity contribution < 1.29 is 9.53 Å². The Bertz CT molecular complexity index is 1110. The summed E-state index contributed by atoms with van der Waals surface area (Å²) in [4.78, 5) is 25.4. The summed E-state index contributed by atoms with van der Waals surface area (Å²) in [6.07, 6.45) is 4.08. The first kappa shape index (κ1) is 22.7. The second kappa shape index (κ2) is 10.0. The molecule has 3 aromatic rings. The predicted molar refractivity (Wildman–Crippen MR) is 131 cm³/mol. The lowest BCUT2D eigenvalue weighted by atomic mass is 9.89. The van der Waals surface area contributed by atoms with Gasteiger partial charge in [0.25, 0.3) is 0 Å². The molecule has 33 heavy (non-hydrogen) atoms. The van der Waals surface area contributed by atoms with Crippen molar-refractivity contribution in [3.63, 3.8) is 0 Å². The van der Waals surface area contributed by atoms with Gasteiger partial charge in [-0.15, -0.1) is 0 Å². The van der Waals surface area contributed by atoms with Crippen LogP contribution in [-0.2, 0) is 6.54 Å². The molecule has 7 nitrogen and oxygen atoms in total. The van der Waals surface area contributed by atoms with Crippen molar-refractivity contribution in [3.05, 3.63) is 71.5 Å². The fraction of sp³-hybridized carbons (Fsp3) is 0.346. The van der Waals surface area contributed by atoms with Gasteiger partial charge in [-0.2, -0.15) is 0 Å². The predicted octanol–water partition coefficient (Wildman–Crippen LogP) is 3.70. The lowest BCUT2D eigenvalue weighted by Gasteiger charge is -2.33. The van der Waals surface area contributed by atoms with Crippen LogP contribution >= 0.6 is 0 Å². The summed E-state index contributed by atoms with van der Waals surface area (Å²) in [5, 5.41) is 0. The van der Waals surface area contributed by atoms with Crippen LogP contribution in [0.3, 0.4) is 0 Å². The van der Waals surface area contributed by atoms with E-state index >= 15 is 0 Å². The van der Waals surface area contributed by atoms with Crippen LogP contribution in [0, 0.1) is 0 Å². The molecule has 1 aromatic heterocycles. The van der Waals surface area contributed by atoms with Crippen LogP contribution in [-0.4, -0.2) is 55.1 Å². The molecule has 1 atom stereocenters. The van der Waals surface area contributed by atoms with Gasteiger partial charge in [-0.1, -0.05) is 24.3 Å². The summed E-state index contributed by atoms with van der Waals surface area (Å²) >= 11 is 0. The Morgan fingerprint density at radius 1 is 1.21 bits per heavy atom. The molecule has 1 fully saturated rings. The number of hydrogen-bond donors (Lipinski definition) is 1. The fourth-order valence-electron chi connectivity index (χ4n) is 4.40. The van der Waals surface area contributed by atoms with Crippen molar-refractivity contribution in [2.75, 3.05) is 39.2 Å². The van der Waals surface area contributed by atoms with Gasteiger partial charge >= 0.3 is 0 Å². The van der Waals surface area contributed by atoms with Gasteiger partial charge in [0, 0.05) is 50.4 Å². The zero-order chi connectivity index (χ0) is 23.4. The molecule has 2 heterocycles. The Morgan fingerprint density at radius 2 is 2.00 bits per heavy atom. The maximum absolute atomic E-state index is 11.5. The minimum Gasteiger partial charge on any atom is -0.497 e. The van der Waals surface area contributed by atoms with Crippen molar-refractivity contribution in [1.82, 2.24) is 14.9 Å². The van der Waals surface area contributed by atoms with Crippen molar-refractivity contribution in [3.8, 4) is 16.9 Å². The number of benzene rings is 2. The first-order valence-electron chi connectivity index (χ1n) is 11.2. The molecule has 4 rings (SSSR count). The summed E-state index contributed by atoms with van der Waals surface area (Å²) in [6, 6.07) is 15.6. The molecule has 0 saturated carbocycles. The monoisotopic (exact) mass is 445 g/mol. The van der Waals surface area contributed by atoms with E-state index in [0.717, 1.165) is 55.0 Å². The number of carbonyl (C=O) groups is 1. The third-order valence-corrected chi connectivity index (χ3v) is 6.12. The van der Waals surface area contributed by atoms with Crippen LogP contribution in [0.1, 0.15) is 40.4 Å². The van der Waals surface area contributed by atoms with Crippen molar-refractivity contribution in [2.24, 2.45) is 5.73 Å². The summed E-state index contributed by atoms with van der Waals surface area (Å²) in [5.41, 5.74) is 10.2. The first-order chi connectivity index (χ1) is 15.9. The summed E-state index contributed by atoms with van der Waals surface area (Å²) < 4.78 is 5.39. The molecule has 2 N–H and O–H groups in total. The maximum Gasteiger partial charge on any atom is 0.248 e. The number of likely N-dealkylation sites (tertiary alicyclic amines) is 1. The number of nitrogens with zero attached hydrogens (tertiary/aromatic N) is 4. The molecule has 2 aromatic carbocycles. The van der Waals surface area contributed by atoms with Gasteiger partial charge in [0.2, 0.25) is 11.9 Å². The van der Waals surface area contributed by atoms with E-state index in [2.05, 4.69) is 22.0 Å². The number of carbonyl (C=O) groups excluding carboxylic acids is 1. The molecule has 1 aliphatic rings. The molecule has 0 aliphatic carbocycles. The molecular weight excluding hydrogens is 414 g/mol. The van der Waals surface area contributed by atoms with E-state index in [1.165, 1.54) is 5.56 Å². The molecule has 0 bridgehead atoms. The van der Waals surface area contributed by atoms with Gasteiger partial charge in [-0.05, 0) is 54.8 Å². The second-order valence-electron chi connectivity index (χ2n) is 8.73. The van der Waals surface area contributed by atoms with E-state index in [9.17, 15) is 4.79 Å². The molecule has 1 saturated heterocycles. The highest BCUT2D eigenvalue weighted by atomic mass is 16.5. The Morgan fingerprint density at radius 3 is 2.70 bits per heavy atom. The molecule has 1 amide bonds. The first-order valence-corrected chi connectivity index (χ1v) is 11.2. The number of rotatable bonds is 7. The second-order valence-corrected chi connectivity index (χ2v) is 8.73. The zero-order valence-electron chi connectivity index (χ0n) is 19.5. The van der Waals surface area contributed by atoms with E-state index in [-0.39, 0.29) is 5.92 Å². The van der Waals surface area contributed by atoms with Crippen LogP contribution in [0.15, 0.2) is 54.7 Å². The summed E-state index contributed by atoms with van der Waals surface area (Å²) in [5.74, 6) is 1.44. The van der Waals surface area contributed by atoms with Gasteiger partial charge in [-0.25, -0.2) is 9.97 Å². The lowest BCUT2D eigenvalue weighted by Crippen LogP contribution is -2.34. The number of piperidine rings is 1. The Kier molecular flexibility index (Phi) is 6.89. The Hall–Kier alpha value is -3.45. The molecule has 0 spiro atoms. The number of nitrogens with two attached hydrogens (primary N) is 1. The molecule has 1 aliphatic heterocycles. The Labute approximate surface area is 195 Å². The van der Waals surface area contributed by atoms with Crippen LogP contribution < -0.4 is 15.4 Å². The molecule has 0 radical (unpaired) electrons. The number of primary amides is 1. The number of hydrogen-bond acceptors (Lipinski definition) is 6. The topological polar surface area (TPSA) is 84.6 Å². The normalized spacial score (nSPS) is 16.4. The van der Waals surface area contributed by atoms with E-state index in [4.69, 9.17) is 15.5 Å². The van der Waals surface area contributed by atoms with Crippen LogP contribution in [0.4, 0.5) is 5.95 Å². The van der Waals surface area contributed by atoms with E-state index in [1.807, 2.05) is 49.5 Å². The van der Waals surface area contributed by atoms with Crippen LogP contribution in [0.25, 0.3) is 11.1 Å². The van der Waals surface area contributed by atoms with E-state index in [1.54, 1.807) is 19.2 Å². The molecular formula is C26H31N5O2. The number of anilines is 1. The third-order valence-electron chi connectivity index (χ3n) is 6.12. The number of methoxy groups -OCH3 is 1. The third kappa shape index (κ3) is 5.31. The van der Waals surface area contributed by atoms with Gasteiger partial charge in [0.05, 0.1) is 12.8 Å². The standard InChI is InChI=1S/C26H31N5O2/c1-30(2)26-28-15-23(19-9-11-20(12-10-19)25(27)32)24(29-26)21-7-5-13-31(17-21)16-18-6-4-8-22(14-18)33-3/h4,6,8-12,14-15,21H,5,7,13,16-17H2,1-3H3,(H2,27,32)/t21-/m0/s1. The van der Waals surface area contributed by atoms with Crippen LogP contribution in [0.2, 0.25) is 0 Å². The quantitative estimate of drug-likeness (QED) is 0.597. The zero-order valence-corrected chi connectivity index (χ0v) is 19.5. The molecule has 172 valence electrons. The van der Waals surface area contributed by atoms with E-state index < -0.39 is 5.91 Å². The highest BCUT2D eigenvalue weighted by molar-refractivity contribution is 5.93. The number of ether oxygens (including phenoxy) is 1. The average molecular weight is 446 g/mol. The molecule has 7 heteroatoms. The van der Waals surface area contributed by atoms with Gasteiger partial charge in [0.1, 0.15) is 5.75 Å². The minimum atomic E-state index is -0.429. The summed E-state index contributed by atoms with van der Waals surface area (Å²) in [6.45, 7) is 2.86. The minimum absolute atomic E-state index is 0.289. The van der Waals surface area contributed by atoms with Gasteiger partial charge < -0.3 is 15.4 Å². The summed E-state index contributed by atoms with van der Waals surface area (Å²) in [7, 11) is 5.61. The Balaban J connectivity index is 1.63. The SMILES string of the molecule is COc1cccc(CN2CCC[C@H](c3nc(N(C)C)ncc3-c3ccc(C(N)=O)cc3)C2)c1. The highest BCUT2D eigenvalue weighted by Gasteiger charge is 2.26. The van der Waals surface area contributed by atoms with E-state index in [0.29, 0.717) is 11.5 Å². The average Bonchev–Trinajstić information content (AvgIpc) is 2.84. The van der Waals surface area contributed by atoms with Crippen molar-refractivity contribution >= 4 is 11.9 Å². The highest BCUT2D eigenvalue weighted by Crippen LogP contribution is 2.34. The lowest BCUT2D eigenvalue weighted by molar-refractivity contribution is 0.100. The smallest absolute Gasteiger partial charge is 0.248 e. The fourth-order valence-corrected chi connectivity index (χ4v) is 4.40. The maximum atomic E-state index is 11.5. The largest absolute Gasteiger partial charge is 0.497 e. The van der Waals surface area contributed by atoms with Gasteiger partial charge in [-0.3, -0.25) is 9.69 Å². The molecule has 0 unspecified atom stereocenters. The van der Waals surface area contributed by atoms with Gasteiger partial charge in [0.15, 0.2) is 0 Å². The number of aromatic nitrogens is 2. The van der Waals surface area contributed by atoms with Crippen molar-refractivity contribution in [2.45, 2.75) is 25.3 Å². The van der Waals surface area contributed by atoms with Crippen LogP contribution in [0.5, 0.6) is 5.75 Å².